The highest BCUT2D eigenvalue weighted by Crippen LogP contribution is 2.20. The first-order valence-electron chi connectivity index (χ1n) is 9.13. The molecule has 4 rings (SSSR count). The Bertz CT molecular complexity index is 941. The van der Waals surface area contributed by atoms with Crippen LogP contribution in [0.1, 0.15) is 10.4 Å². The predicted molar refractivity (Wildman–Crippen MR) is 112 cm³/mol. The summed E-state index contributed by atoms with van der Waals surface area (Å²) in [4.78, 5) is 25.7. The van der Waals surface area contributed by atoms with Gasteiger partial charge in [0.1, 0.15) is 11.6 Å². The lowest BCUT2D eigenvalue weighted by molar-refractivity contribution is 0.102. The highest BCUT2D eigenvalue weighted by atomic mass is 35.5. The van der Waals surface area contributed by atoms with E-state index >= 15 is 0 Å². The number of carbonyl (C=O) groups is 1. The van der Waals surface area contributed by atoms with Gasteiger partial charge in [0.05, 0.1) is 11.9 Å². The number of hydrogen-bond acceptors (Lipinski definition) is 5. The second kappa shape index (κ2) is 8.27. The summed E-state index contributed by atoms with van der Waals surface area (Å²) in [5.74, 6) is 1.30. The summed E-state index contributed by atoms with van der Waals surface area (Å²) < 4.78 is 0. The minimum absolute atomic E-state index is 0.230. The van der Waals surface area contributed by atoms with Gasteiger partial charge in [-0.2, -0.15) is 0 Å². The number of aromatic nitrogens is 2. The summed E-state index contributed by atoms with van der Waals surface area (Å²) in [7, 11) is 0. The maximum atomic E-state index is 12.3. The number of carbonyl (C=O) groups excluding carboxylic acids is 1. The van der Waals surface area contributed by atoms with E-state index in [1.807, 2.05) is 36.5 Å². The van der Waals surface area contributed by atoms with Gasteiger partial charge in [-0.1, -0.05) is 23.7 Å². The van der Waals surface area contributed by atoms with Crippen molar-refractivity contribution in [1.82, 2.24) is 9.97 Å². The van der Waals surface area contributed by atoms with Crippen molar-refractivity contribution in [2.75, 3.05) is 41.3 Å². The fraction of sp³-hybridized carbons (Fsp3) is 0.190. The van der Waals surface area contributed by atoms with E-state index in [0.29, 0.717) is 16.4 Å². The lowest BCUT2D eigenvalue weighted by atomic mass is 10.2. The number of anilines is 3. The number of hydrogen-bond donors (Lipinski definition) is 1. The number of pyridine rings is 2. The Hall–Kier alpha value is -3.12. The number of rotatable bonds is 4. The second-order valence-corrected chi connectivity index (χ2v) is 6.96. The molecule has 0 atom stereocenters. The van der Waals surface area contributed by atoms with E-state index in [1.165, 1.54) is 0 Å². The van der Waals surface area contributed by atoms with Crippen LogP contribution in [0.4, 0.5) is 17.3 Å². The third kappa shape index (κ3) is 4.23. The van der Waals surface area contributed by atoms with Gasteiger partial charge in [-0.15, -0.1) is 0 Å². The first-order chi connectivity index (χ1) is 13.7. The van der Waals surface area contributed by atoms with Gasteiger partial charge in [0.2, 0.25) is 0 Å². The highest BCUT2D eigenvalue weighted by Gasteiger charge is 2.18. The van der Waals surface area contributed by atoms with Gasteiger partial charge in [0, 0.05) is 43.0 Å². The lowest BCUT2D eigenvalue weighted by Crippen LogP contribution is -2.46. The van der Waals surface area contributed by atoms with Crippen molar-refractivity contribution in [3.8, 4) is 0 Å². The Morgan fingerprint density at radius 3 is 2.43 bits per heavy atom. The average molecular weight is 394 g/mol. The van der Waals surface area contributed by atoms with Gasteiger partial charge in [-0.25, -0.2) is 9.97 Å². The molecule has 1 amide bonds. The third-order valence-corrected chi connectivity index (χ3v) is 4.93. The van der Waals surface area contributed by atoms with Crippen molar-refractivity contribution >= 4 is 34.8 Å². The lowest BCUT2D eigenvalue weighted by Gasteiger charge is -2.36. The summed E-state index contributed by atoms with van der Waals surface area (Å²) >= 11 is 5.94. The van der Waals surface area contributed by atoms with Crippen molar-refractivity contribution in [3.05, 3.63) is 77.6 Å². The van der Waals surface area contributed by atoms with Gasteiger partial charge in [0.15, 0.2) is 0 Å². The Morgan fingerprint density at radius 2 is 1.75 bits per heavy atom. The third-order valence-electron chi connectivity index (χ3n) is 4.69. The zero-order valence-electron chi connectivity index (χ0n) is 15.3. The van der Waals surface area contributed by atoms with Crippen molar-refractivity contribution in [2.24, 2.45) is 0 Å². The van der Waals surface area contributed by atoms with E-state index < -0.39 is 0 Å². The molecular weight excluding hydrogens is 374 g/mol. The number of benzene rings is 1. The molecule has 1 aromatic carbocycles. The second-order valence-electron chi connectivity index (χ2n) is 6.53. The topological polar surface area (TPSA) is 61.4 Å². The minimum Gasteiger partial charge on any atom is -0.367 e. The number of nitrogens with one attached hydrogen (secondary N) is 1. The van der Waals surface area contributed by atoms with Crippen molar-refractivity contribution in [1.29, 1.82) is 0 Å². The number of halogens is 1. The summed E-state index contributed by atoms with van der Waals surface area (Å²) in [6, 6.07) is 16.6. The molecule has 3 heterocycles. The van der Waals surface area contributed by atoms with Crippen molar-refractivity contribution in [2.45, 2.75) is 0 Å². The summed E-state index contributed by atoms with van der Waals surface area (Å²) in [5, 5.41) is 3.33. The molecule has 28 heavy (non-hydrogen) atoms. The van der Waals surface area contributed by atoms with Crippen LogP contribution in [0.2, 0.25) is 5.02 Å². The maximum Gasteiger partial charge on any atom is 0.256 e. The molecule has 3 aromatic rings. The zero-order chi connectivity index (χ0) is 19.3. The molecule has 1 N–H and O–H groups in total. The summed E-state index contributed by atoms with van der Waals surface area (Å²) in [5.41, 5.74) is 1.55. The molecule has 0 spiro atoms. The average Bonchev–Trinajstić information content (AvgIpc) is 2.75. The fourth-order valence-corrected chi connectivity index (χ4v) is 3.39. The van der Waals surface area contributed by atoms with Crippen molar-refractivity contribution < 1.29 is 4.79 Å². The van der Waals surface area contributed by atoms with E-state index in [0.717, 1.165) is 37.7 Å². The SMILES string of the molecule is O=C(Nc1ccc(N2CCN(c3ccccn3)CC2)cn1)c1cccc(Cl)c1. The van der Waals surface area contributed by atoms with E-state index in [1.54, 1.807) is 30.5 Å². The molecule has 1 aliphatic heterocycles. The van der Waals surface area contributed by atoms with Crippen LogP contribution in [-0.4, -0.2) is 42.1 Å². The van der Waals surface area contributed by atoms with E-state index in [4.69, 9.17) is 11.6 Å². The standard InChI is InChI=1S/C21H20ClN5O/c22-17-5-3-4-16(14-17)21(28)25-19-8-7-18(15-24-19)26-10-12-27(13-11-26)20-6-1-2-9-23-20/h1-9,14-15H,10-13H2,(H,24,25,28). The van der Waals surface area contributed by atoms with E-state index in [2.05, 4.69) is 25.1 Å². The molecule has 0 bridgehead atoms. The molecule has 0 saturated carbocycles. The van der Waals surface area contributed by atoms with E-state index in [9.17, 15) is 4.79 Å². The Morgan fingerprint density at radius 1 is 0.929 bits per heavy atom. The monoisotopic (exact) mass is 393 g/mol. The van der Waals surface area contributed by atoms with Gasteiger partial charge < -0.3 is 15.1 Å². The summed E-state index contributed by atoms with van der Waals surface area (Å²) in [6.45, 7) is 3.60. The van der Waals surface area contributed by atoms with Crippen LogP contribution >= 0.6 is 11.6 Å². The number of piperazine rings is 1. The molecule has 6 nitrogen and oxygen atoms in total. The molecule has 0 unspecified atom stereocenters. The molecule has 1 saturated heterocycles. The summed E-state index contributed by atoms with van der Waals surface area (Å²) in [6.07, 6.45) is 3.62. The van der Waals surface area contributed by atoms with Crippen LogP contribution in [0.15, 0.2) is 67.0 Å². The first-order valence-corrected chi connectivity index (χ1v) is 9.51. The highest BCUT2D eigenvalue weighted by molar-refractivity contribution is 6.31. The Balaban J connectivity index is 1.35. The quantitative estimate of drug-likeness (QED) is 0.732. The zero-order valence-corrected chi connectivity index (χ0v) is 16.0. The maximum absolute atomic E-state index is 12.3. The van der Waals surface area contributed by atoms with Crippen LogP contribution in [0, 0.1) is 0 Å². The van der Waals surface area contributed by atoms with Crippen LogP contribution in [0.3, 0.4) is 0 Å². The molecule has 1 aliphatic rings. The largest absolute Gasteiger partial charge is 0.367 e. The van der Waals surface area contributed by atoms with E-state index in [-0.39, 0.29) is 5.91 Å². The molecule has 0 aliphatic carbocycles. The molecule has 2 aromatic heterocycles. The van der Waals surface area contributed by atoms with Gasteiger partial charge >= 0.3 is 0 Å². The van der Waals surface area contributed by atoms with Crippen LogP contribution in [0.5, 0.6) is 0 Å². The molecule has 7 heteroatoms. The van der Waals surface area contributed by atoms with Crippen LogP contribution < -0.4 is 15.1 Å². The van der Waals surface area contributed by atoms with Gasteiger partial charge in [-0.05, 0) is 42.5 Å². The fourth-order valence-electron chi connectivity index (χ4n) is 3.20. The van der Waals surface area contributed by atoms with Crippen molar-refractivity contribution in [3.63, 3.8) is 0 Å². The van der Waals surface area contributed by atoms with Crippen LogP contribution in [-0.2, 0) is 0 Å². The molecule has 1 fully saturated rings. The predicted octanol–water partition coefficient (Wildman–Crippen LogP) is 3.71. The molecule has 142 valence electrons. The Kier molecular flexibility index (Phi) is 5.39. The van der Waals surface area contributed by atoms with Gasteiger partial charge in [0.25, 0.3) is 5.91 Å². The smallest absolute Gasteiger partial charge is 0.256 e. The van der Waals surface area contributed by atoms with Gasteiger partial charge in [-0.3, -0.25) is 4.79 Å². The minimum atomic E-state index is -0.230. The molecular formula is C21H20ClN5O. The number of nitrogens with zero attached hydrogens (tertiary/aromatic N) is 4. The normalized spacial score (nSPS) is 14.0. The Labute approximate surface area is 168 Å². The number of amides is 1. The van der Waals surface area contributed by atoms with Crippen LogP contribution in [0.25, 0.3) is 0 Å². The first kappa shape index (κ1) is 18.3. The molecule has 0 radical (unpaired) electrons.